The van der Waals surface area contributed by atoms with E-state index in [1.165, 1.54) is 58.9 Å². The molecule has 1 N–H and O–H groups in total. The average molecular weight is 572 g/mol. The van der Waals surface area contributed by atoms with Gasteiger partial charge >= 0.3 is 0 Å². The molecule has 40 heavy (non-hydrogen) atoms. The first kappa shape index (κ1) is 28.4. The van der Waals surface area contributed by atoms with Crippen LogP contribution in [-0.4, -0.2) is 68.7 Å². The Labute approximate surface area is 232 Å². The first-order valence-electron chi connectivity index (χ1n) is 12.0. The number of rotatable bonds is 11. The number of anilines is 1. The predicted octanol–water partition coefficient (Wildman–Crippen LogP) is 2.84. The zero-order valence-electron chi connectivity index (χ0n) is 22.4. The molecule has 1 aliphatic rings. The third kappa shape index (κ3) is 5.99. The molecule has 0 bridgehead atoms. The monoisotopic (exact) mass is 571 g/mol. The number of nitrogens with one attached hydrogen (secondary N) is 1. The van der Waals surface area contributed by atoms with E-state index in [2.05, 4.69) is 10.5 Å². The van der Waals surface area contributed by atoms with Crippen LogP contribution in [0.1, 0.15) is 5.56 Å². The molecule has 0 saturated carbocycles. The van der Waals surface area contributed by atoms with E-state index < -0.39 is 22.5 Å². The minimum atomic E-state index is -4.34. The quantitative estimate of drug-likeness (QED) is 0.272. The lowest BCUT2D eigenvalue weighted by Crippen LogP contribution is -2.39. The SMILES string of the molecule is COc1ccc(OC)c(N(CC(=O)N/N=C\c2cccc3c2OCCO3)S(=O)(=O)c2ccc(OC)c(OC)c2)c1. The van der Waals surface area contributed by atoms with Crippen molar-refractivity contribution < 1.29 is 41.6 Å². The molecule has 1 heterocycles. The average Bonchev–Trinajstić information content (AvgIpc) is 2.99. The van der Waals surface area contributed by atoms with Gasteiger partial charge < -0.3 is 28.4 Å². The fraction of sp³-hybridized carbons (Fsp3) is 0.259. The van der Waals surface area contributed by atoms with Gasteiger partial charge in [0.25, 0.3) is 15.9 Å². The summed E-state index contributed by atoms with van der Waals surface area (Å²) in [5.41, 5.74) is 3.05. The molecule has 0 aromatic heterocycles. The molecule has 0 aliphatic carbocycles. The Bertz CT molecular complexity index is 1510. The molecule has 212 valence electrons. The molecule has 1 aliphatic heterocycles. The van der Waals surface area contributed by atoms with Gasteiger partial charge in [-0.25, -0.2) is 13.8 Å². The van der Waals surface area contributed by atoms with E-state index in [0.717, 1.165) is 4.31 Å². The topological polar surface area (TPSA) is 134 Å². The second-order valence-electron chi connectivity index (χ2n) is 8.23. The number of nitrogens with zero attached hydrogens (tertiary/aromatic N) is 2. The van der Waals surface area contributed by atoms with Crippen molar-refractivity contribution >= 4 is 27.8 Å². The van der Waals surface area contributed by atoms with Gasteiger partial charge in [-0.05, 0) is 36.4 Å². The van der Waals surface area contributed by atoms with E-state index in [9.17, 15) is 13.2 Å². The van der Waals surface area contributed by atoms with Gasteiger partial charge in [0.1, 0.15) is 31.3 Å². The maximum atomic E-state index is 13.9. The standard InChI is InChI=1S/C27H29N3O9S/c1-34-19-8-10-22(35-2)21(14-19)30(40(32,33)20-9-11-23(36-3)25(15-20)37-4)17-26(31)29-28-16-18-6-5-7-24-27(18)39-13-12-38-24/h5-11,14-16H,12-13,17H2,1-4H3,(H,29,31)/b28-16-. The fourth-order valence-corrected chi connectivity index (χ4v) is 5.37. The van der Waals surface area contributed by atoms with E-state index in [4.69, 9.17) is 28.4 Å². The van der Waals surface area contributed by atoms with E-state index >= 15 is 0 Å². The number of amides is 1. The summed E-state index contributed by atoms with van der Waals surface area (Å²) in [5.74, 6) is 1.47. The number of methoxy groups -OCH3 is 4. The van der Waals surface area contributed by atoms with Gasteiger partial charge in [0.05, 0.1) is 45.2 Å². The highest BCUT2D eigenvalue weighted by atomic mass is 32.2. The smallest absolute Gasteiger partial charge is 0.265 e. The summed E-state index contributed by atoms with van der Waals surface area (Å²) in [6.07, 6.45) is 1.39. The molecule has 0 saturated heterocycles. The molecule has 0 atom stereocenters. The molecule has 12 nitrogen and oxygen atoms in total. The highest BCUT2D eigenvalue weighted by Crippen LogP contribution is 2.37. The number of hydrazone groups is 1. The number of carbonyl (C=O) groups excluding carboxylic acids is 1. The minimum absolute atomic E-state index is 0.0819. The Morgan fingerprint density at radius 2 is 1.65 bits per heavy atom. The molecule has 3 aromatic carbocycles. The highest BCUT2D eigenvalue weighted by Gasteiger charge is 2.31. The summed E-state index contributed by atoms with van der Waals surface area (Å²) < 4.78 is 61.2. The lowest BCUT2D eigenvalue weighted by Gasteiger charge is -2.26. The zero-order valence-corrected chi connectivity index (χ0v) is 23.2. The number of fused-ring (bicyclic) bond motifs is 1. The molecular formula is C27H29N3O9S. The predicted molar refractivity (Wildman–Crippen MR) is 147 cm³/mol. The van der Waals surface area contributed by atoms with Crippen LogP contribution in [0.25, 0.3) is 0 Å². The van der Waals surface area contributed by atoms with Crippen molar-refractivity contribution in [1.82, 2.24) is 5.43 Å². The van der Waals surface area contributed by atoms with Gasteiger partial charge in [-0.15, -0.1) is 0 Å². The Kier molecular flexibility index (Phi) is 8.84. The van der Waals surface area contributed by atoms with Gasteiger partial charge in [-0.3, -0.25) is 9.10 Å². The maximum Gasteiger partial charge on any atom is 0.265 e. The van der Waals surface area contributed by atoms with Crippen LogP contribution in [-0.2, 0) is 14.8 Å². The third-order valence-electron chi connectivity index (χ3n) is 5.87. The molecule has 0 radical (unpaired) electrons. The molecule has 13 heteroatoms. The lowest BCUT2D eigenvalue weighted by atomic mass is 10.2. The third-order valence-corrected chi connectivity index (χ3v) is 7.63. The summed E-state index contributed by atoms with van der Waals surface area (Å²) in [6, 6.07) is 14.0. The van der Waals surface area contributed by atoms with Crippen LogP contribution in [0.5, 0.6) is 34.5 Å². The number of benzene rings is 3. The first-order valence-corrected chi connectivity index (χ1v) is 13.4. The van der Waals surface area contributed by atoms with Crippen molar-refractivity contribution in [2.24, 2.45) is 5.10 Å². The van der Waals surface area contributed by atoms with Crippen LogP contribution >= 0.6 is 0 Å². The van der Waals surface area contributed by atoms with Crippen LogP contribution in [0, 0.1) is 0 Å². The normalized spacial score (nSPS) is 12.5. The second-order valence-corrected chi connectivity index (χ2v) is 10.1. The molecule has 0 spiro atoms. The van der Waals surface area contributed by atoms with Crippen LogP contribution in [0.3, 0.4) is 0 Å². The van der Waals surface area contributed by atoms with Gasteiger partial charge in [-0.2, -0.15) is 5.10 Å². The second kappa shape index (κ2) is 12.5. The van der Waals surface area contributed by atoms with E-state index in [1.807, 2.05) is 0 Å². The largest absolute Gasteiger partial charge is 0.497 e. The highest BCUT2D eigenvalue weighted by molar-refractivity contribution is 7.92. The van der Waals surface area contributed by atoms with Crippen LogP contribution in [0.15, 0.2) is 64.6 Å². The number of ether oxygens (including phenoxy) is 6. The number of carbonyl (C=O) groups is 1. The summed E-state index contributed by atoms with van der Waals surface area (Å²) in [4.78, 5) is 12.9. The van der Waals surface area contributed by atoms with Crippen molar-refractivity contribution in [3.05, 3.63) is 60.2 Å². The van der Waals surface area contributed by atoms with E-state index in [1.54, 1.807) is 30.3 Å². The molecule has 0 unspecified atom stereocenters. The van der Waals surface area contributed by atoms with Crippen LogP contribution < -0.4 is 38.2 Å². The number of para-hydroxylation sites is 1. The summed E-state index contributed by atoms with van der Waals surface area (Å²) in [7, 11) is 1.32. The lowest BCUT2D eigenvalue weighted by molar-refractivity contribution is -0.119. The van der Waals surface area contributed by atoms with Crippen molar-refractivity contribution in [3.63, 3.8) is 0 Å². The zero-order chi connectivity index (χ0) is 28.7. The van der Waals surface area contributed by atoms with Crippen molar-refractivity contribution in [1.29, 1.82) is 0 Å². The maximum absolute atomic E-state index is 13.9. The van der Waals surface area contributed by atoms with E-state index in [0.29, 0.717) is 41.8 Å². The Balaban J connectivity index is 1.67. The van der Waals surface area contributed by atoms with Crippen LogP contribution in [0.2, 0.25) is 0 Å². The summed E-state index contributed by atoms with van der Waals surface area (Å²) >= 11 is 0. The summed E-state index contributed by atoms with van der Waals surface area (Å²) in [5, 5.41) is 4.00. The van der Waals surface area contributed by atoms with E-state index in [-0.39, 0.29) is 22.1 Å². The van der Waals surface area contributed by atoms with Gasteiger partial charge in [0.15, 0.2) is 23.0 Å². The molecule has 3 aromatic rings. The van der Waals surface area contributed by atoms with Crippen molar-refractivity contribution in [2.45, 2.75) is 4.90 Å². The molecule has 4 rings (SSSR count). The fourth-order valence-electron chi connectivity index (χ4n) is 3.93. The Morgan fingerprint density at radius 1 is 0.925 bits per heavy atom. The van der Waals surface area contributed by atoms with Gasteiger partial charge in [0.2, 0.25) is 0 Å². The first-order chi connectivity index (χ1) is 19.3. The molecular weight excluding hydrogens is 542 g/mol. The van der Waals surface area contributed by atoms with Crippen LogP contribution in [0.4, 0.5) is 5.69 Å². The molecule has 1 amide bonds. The Hall–Kier alpha value is -4.65. The van der Waals surface area contributed by atoms with Crippen molar-refractivity contribution in [2.75, 3.05) is 52.5 Å². The molecule has 0 fully saturated rings. The summed E-state index contributed by atoms with van der Waals surface area (Å²) in [6.45, 7) is 0.183. The van der Waals surface area contributed by atoms with Crippen molar-refractivity contribution in [3.8, 4) is 34.5 Å². The number of hydrogen-bond donors (Lipinski definition) is 1. The minimum Gasteiger partial charge on any atom is -0.497 e. The Morgan fingerprint density at radius 3 is 2.38 bits per heavy atom. The van der Waals surface area contributed by atoms with Gasteiger partial charge in [-0.1, -0.05) is 6.07 Å². The number of hydrogen-bond acceptors (Lipinski definition) is 10. The number of sulfonamides is 1. The van der Waals surface area contributed by atoms with Gasteiger partial charge in [0, 0.05) is 17.7 Å².